The average Bonchev–Trinajstić information content (AvgIpc) is 2.64. The molecule has 0 bridgehead atoms. The number of aliphatic hydroxyl groups is 3. The van der Waals surface area contributed by atoms with Gasteiger partial charge in [-0.25, -0.2) is 0 Å². The van der Waals surface area contributed by atoms with Crippen LogP contribution in [0.3, 0.4) is 0 Å². The zero-order valence-corrected chi connectivity index (χ0v) is 15.9. The molecule has 8 nitrogen and oxygen atoms in total. The molecule has 2 heterocycles. The molecule has 1 aromatic heterocycles. The predicted octanol–water partition coefficient (Wildman–Crippen LogP) is -2.50. The van der Waals surface area contributed by atoms with Gasteiger partial charge in [0.05, 0.1) is 0 Å². The molecule has 10 heteroatoms. The molecule has 0 amide bonds. The van der Waals surface area contributed by atoms with Crippen molar-refractivity contribution in [2.45, 2.75) is 21.5 Å². The molecule has 1 aliphatic rings. The zero-order valence-electron chi connectivity index (χ0n) is 9.69. The fourth-order valence-electron chi connectivity index (χ4n) is 2.11. The van der Waals surface area contributed by atoms with E-state index in [1.807, 2.05) is 4.98 Å². The SMILES string of the molecule is O=c1ccn([C@]2([Hg][Cl])O[C@H](CO)[C@@H](O)[C@H]2O)c(=O)[nH]1. The summed E-state index contributed by atoms with van der Waals surface area (Å²) in [5, 5.41) is 29.0. The minimum absolute atomic E-state index is 0.511. The van der Waals surface area contributed by atoms with Gasteiger partial charge in [0, 0.05) is 0 Å². The van der Waals surface area contributed by atoms with E-state index in [1.54, 1.807) is 0 Å². The number of ether oxygens (including phenoxy) is 1. The molecule has 0 unspecified atom stereocenters. The van der Waals surface area contributed by atoms with E-state index in [0.717, 1.165) is 10.6 Å². The predicted molar refractivity (Wildman–Crippen MR) is 59.1 cm³/mol. The van der Waals surface area contributed by atoms with Crippen molar-refractivity contribution in [3.05, 3.63) is 33.1 Å². The van der Waals surface area contributed by atoms with Crippen molar-refractivity contribution in [1.82, 2.24) is 9.55 Å². The topological polar surface area (TPSA) is 125 Å². The number of hydrogen-bond donors (Lipinski definition) is 4. The molecule has 1 saturated heterocycles. The minimum atomic E-state index is -2.51. The van der Waals surface area contributed by atoms with Crippen molar-refractivity contribution in [3.63, 3.8) is 0 Å². The second-order valence-corrected chi connectivity index (χ2v) is 11.6. The van der Waals surface area contributed by atoms with Crippen LogP contribution in [0.25, 0.3) is 0 Å². The Morgan fingerprint density at radius 3 is 2.68 bits per heavy atom. The Hall–Kier alpha value is -0.255. The zero-order chi connectivity index (χ0) is 14.2. The van der Waals surface area contributed by atoms with Gasteiger partial charge in [-0.3, -0.25) is 0 Å². The van der Waals surface area contributed by atoms with Crippen molar-refractivity contribution >= 4 is 8.25 Å². The molecule has 1 fully saturated rings. The quantitative estimate of drug-likeness (QED) is 0.356. The monoisotopic (exact) mass is 480 g/mol. The van der Waals surface area contributed by atoms with E-state index < -0.39 is 62.7 Å². The Labute approximate surface area is 122 Å². The number of aromatic amines is 1. The Morgan fingerprint density at radius 2 is 2.21 bits per heavy atom. The van der Waals surface area contributed by atoms with Crippen LogP contribution in [0.5, 0.6) is 0 Å². The first-order valence-electron chi connectivity index (χ1n) is 5.49. The molecule has 19 heavy (non-hydrogen) atoms. The number of aromatic nitrogens is 2. The number of rotatable bonds is 3. The Morgan fingerprint density at radius 1 is 1.53 bits per heavy atom. The fraction of sp³-hybridized carbons (Fsp3) is 0.556. The maximum absolute atomic E-state index is 11.8. The molecule has 0 saturated carbocycles. The van der Waals surface area contributed by atoms with Crippen molar-refractivity contribution < 1.29 is 43.4 Å². The Bertz CT molecular complexity index is 576. The van der Waals surface area contributed by atoms with Crippen LogP contribution >= 0.6 is 8.25 Å². The summed E-state index contributed by atoms with van der Waals surface area (Å²) in [7, 11) is 5.99. The third kappa shape index (κ3) is 2.41. The van der Waals surface area contributed by atoms with E-state index in [4.69, 9.17) is 18.1 Å². The van der Waals surface area contributed by atoms with Gasteiger partial charge in [-0.05, 0) is 0 Å². The molecule has 1 aromatic rings. The van der Waals surface area contributed by atoms with E-state index >= 15 is 0 Å². The molecule has 102 valence electrons. The van der Waals surface area contributed by atoms with Gasteiger partial charge in [0.15, 0.2) is 0 Å². The summed E-state index contributed by atoms with van der Waals surface area (Å²) in [6.45, 7) is -0.511. The van der Waals surface area contributed by atoms with Crippen LogP contribution in [-0.4, -0.2) is 49.8 Å². The summed E-state index contributed by atoms with van der Waals surface area (Å²) < 4.78 is 4.91. The van der Waals surface area contributed by atoms with Crippen LogP contribution in [0, 0.1) is 0 Å². The molecular weight excluding hydrogens is 468 g/mol. The second kappa shape index (κ2) is 5.62. The average molecular weight is 479 g/mol. The van der Waals surface area contributed by atoms with E-state index in [9.17, 15) is 19.8 Å². The van der Waals surface area contributed by atoms with Gasteiger partial charge in [-0.15, -0.1) is 0 Å². The van der Waals surface area contributed by atoms with Crippen LogP contribution in [0.1, 0.15) is 0 Å². The summed E-state index contributed by atoms with van der Waals surface area (Å²) in [6.07, 6.45) is -2.62. The first-order valence-corrected chi connectivity index (χ1v) is 15.0. The third-order valence-electron chi connectivity index (χ3n) is 3.13. The van der Waals surface area contributed by atoms with Crippen LogP contribution in [0.4, 0.5) is 0 Å². The summed E-state index contributed by atoms with van der Waals surface area (Å²) in [4.78, 5) is 24.9. The van der Waals surface area contributed by atoms with Gasteiger partial charge in [-0.1, -0.05) is 0 Å². The van der Waals surface area contributed by atoms with Gasteiger partial charge in [-0.2, -0.15) is 0 Å². The summed E-state index contributed by atoms with van der Waals surface area (Å²) in [5.74, 6) is 0. The summed E-state index contributed by atoms with van der Waals surface area (Å²) in [6, 6.07) is 1.10. The Balaban J connectivity index is 2.55. The van der Waals surface area contributed by atoms with E-state index in [2.05, 4.69) is 0 Å². The molecular formula is C9H11ClHgN2O6. The fourth-order valence-corrected chi connectivity index (χ4v) is 9.28. The van der Waals surface area contributed by atoms with Gasteiger partial charge >= 0.3 is 122 Å². The molecule has 4 atom stereocenters. The van der Waals surface area contributed by atoms with Gasteiger partial charge in [0.25, 0.3) is 0 Å². The number of hydrogen-bond acceptors (Lipinski definition) is 6. The van der Waals surface area contributed by atoms with E-state index in [1.165, 1.54) is 6.20 Å². The Kier molecular flexibility index (Phi) is 4.48. The van der Waals surface area contributed by atoms with Crippen molar-refractivity contribution in [1.29, 1.82) is 0 Å². The molecule has 2 rings (SSSR count). The molecule has 0 aromatic carbocycles. The molecule has 0 aliphatic carbocycles. The number of H-pyrrole nitrogens is 1. The number of nitrogens with zero attached hydrogens (tertiary/aromatic N) is 1. The van der Waals surface area contributed by atoms with Gasteiger partial charge < -0.3 is 0 Å². The molecule has 0 radical (unpaired) electrons. The van der Waals surface area contributed by atoms with E-state index in [-0.39, 0.29) is 0 Å². The van der Waals surface area contributed by atoms with Crippen molar-refractivity contribution in [2.24, 2.45) is 0 Å². The number of halogens is 1. The van der Waals surface area contributed by atoms with Crippen molar-refractivity contribution in [3.8, 4) is 0 Å². The van der Waals surface area contributed by atoms with Crippen molar-refractivity contribution in [2.75, 3.05) is 6.61 Å². The maximum atomic E-state index is 11.8. The molecule has 1 aliphatic heterocycles. The van der Waals surface area contributed by atoms with Gasteiger partial charge in [0.2, 0.25) is 0 Å². The summed E-state index contributed by atoms with van der Waals surface area (Å²) >= 11 is -2.51. The first-order chi connectivity index (χ1) is 8.96. The standard InChI is InChI=1S/C9H11N2O6.ClH.Hg/c12-3-4-6(14)7(15)8(17-4)11-2-1-5(13)10-9(11)16;;/h1-2,4,6-7,12,14-15H,3H2,(H,10,13,16);1H;/q;;+1/p-1/t4-,6-,7-;;/m1../s1. The molecule has 4 N–H and O–H groups in total. The van der Waals surface area contributed by atoms with Crippen LogP contribution in [0.15, 0.2) is 21.9 Å². The van der Waals surface area contributed by atoms with Crippen LogP contribution in [-0.2, 0) is 31.3 Å². The van der Waals surface area contributed by atoms with Gasteiger partial charge in [0.1, 0.15) is 0 Å². The third-order valence-corrected chi connectivity index (χ3v) is 11.6. The molecule has 0 spiro atoms. The second-order valence-electron chi connectivity index (χ2n) is 4.23. The van der Waals surface area contributed by atoms with Crippen LogP contribution in [0.2, 0.25) is 0 Å². The van der Waals surface area contributed by atoms with Crippen LogP contribution < -0.4 is 11.2 Å². The number of aliphatic hydroxyl groups excluding tert-OH is 3. The first kappa shape index (κ1) is 15.1. The normalized spacial score (nSPS) is 34.2. The number of nitrogens with one attached hydrogen (secondary N) is 1. The summed E-state index contributed by atoms with van der Waals surface area (Å²) in [5.41, 5.74) is -1.37. The van der Waals surface area contributed by atoms with E-state index in [0.29, 0.717) is 0 Å².